The molecule has 0 aliphatic heterocycles. The summed E-state index contributed by atoms with van der Waals surface area (Å²) in [4.78, 5) is 38.1. The van der Waals surface area contributed by atoms with Crippen molar-refractivity contribution in [1.29, 1.82) is 0 Å². The van der Waals surface area contributed by atoms with Crippen molar-refractivity contribution in [3.05, 3.63) is 48.6 Å². The summed E-state index contributed by atoms with van der Waals surface area (Å²) >= 11 is 0. The molecule has 0 saturated heterocycles. The van der Waals surface area contributed by atoms with Gasteiger partial charge in [-0.05, 0) is 83.5 Å². The number of rotatable bonds is 52. The molecule has 6 nitrogen and oxygen atoms in total. The molecule has 0 N–H and O–H groups in total. The molecular weight excluding hydrogens is 817 g/mol. The van der Waals surface area contributed by atoms with E-state index in [1.807, 2.05) is 0 Å². The Balaban J connectivity index is 4.38. The van der Waals surface area contributed by atoms with Crippen LogP contribution in [0.2, 0.25) is 0 Å². The Bertz CT molecular complexity index is 1150. The van der Waals surface area contributed by atoms with Gasteiger partial charge in [-0.1, -0.05) is 243 Å². The highest BCUT2D eigenvalue weighted by atomic mass is 16.6. The number of ether oxygens (including phenoxy) is 3. The van der Waals surface area contributed by atoms with E-state index in [1.54, 1.807) is 0 Å². The van der Waals surface area contributed by atoms with Crippen LogP contribution in [0.1, 0.15) is 297 Å². The summed E-state index contributed by atoms with van der Waals surface area (Å²) in [6, 6.07) is 0. The normalized spacial score (nSPS) is 12.3. The third-order valence-electron chi connectivity index (χ3n) is 12.6. The van der Waals surface area contributed by atoms with Gasteiger partial charge in [0.1, 0.15) is 13.2 Å². The molecule has 6 heteroatoms. The first-order valence-corrected chi connectivity index (χ1v) is 28.6. The van der Waals surface area contributed by atoms with Crippen LogP contribution in [-0.2, 0) is 28.6 Å². The van der Waals surface area contributed by atoms with Crippen molar-refractivity contribution >= 4 is 17.9 Å². The van der Waals surface area contributed by atoms with E-state index in [0.29, 0.717) is 19.3 Å². The number of allylic oxidation sites excluding steroid dienone is 8. The van der Waals surface area contributed by atoms with Gasteiger partial charge in [0.2, 0.25) is 0 Å². The molecule has 0 spiro atoms. The molecule has 0 radical (unpaired) electrons. The molecule has 0 aromatic carbocycles. The molecular formula is C60H108O6. The second-order valence-corrected chi connectivity index (χ2v) is 19.2. The third-order valence-corrected chi connectivity index (χ3v) is 12.6. The van der Waals surface area contributed by atoms with E-state index in [0.717, 1.165) is 89.9 Å². The lowest BCUT2D eigenvalue weighted by Gasteiger charge is -2.18. The molecule has 0 aliphatic rings. The molecule has 0 fully saturated rings. The second-order valence-electron chi connectivity index (χ2n) is 19.2. The molecule has 0 unspecified atom stereocenters. The number of carbonyl (C=O) groups excluding carboxylic acids is 3. The van der Waals surface area contributed by atoms with Crippen LogP contribution >= 0.6 is 0 Å². The second kappa shape index (κ2) is 55.0. The summed E-state index contributed by atoms with van der Waals surface area (Å²) in [6.07, 6.45) is 66.7. The van der Waals surface area contributed by atoms with Crippen molar-refractivity contribution in [2.45, 2.75) is 303 Å². The first-order valence-electron chi connectivity index (χ1n) is 28.6. The van der Waals surface area contributed by atoms with Gasteiger partial charge in [-0.25, -0.2) is 0 Å². The number of unbranched alkanes of at least 4 members (excludes halogenated alkanes) is 33. The van der Waals surface area contributed by atoms with Crippen LogP contribution < -0.4 is 0 Å². The summed E-state index contributed by atoms with van der Waals surface area (Å²) in [6.45, 7) is 6.60. The van der Waals surface area contributed by atoms with Gasteiger partial charge in [-0.3, -0.25) is 14.4 Å². The number of carbonyl (C=O) groups is 3. The van der Waals surface area contributed by atoms with E-state index in [1.165, 1.54) is 167 Å². The lowest BCUT2D eigenvalue weighted by Crippen LogP contribution is -2.30. The average molecular weight is 926 g/mol. The third kappa shape index (κ3) is 52.3. The summed E-state index contributed by atoms with van der Waals surface area (Å²) in [5.74, 6) is -0.899. The van der Waals surface area contributed by atoms with Gasteiger partial charge in [0.05, 0.1) is 0 Å². The monoisotopic (exact) mass is 925 g/mol. The van der Waals surface area contributed by atoms with Gasteiger partial charge >= 0.3 is 17.9 Å². The summed E-state index contributed by atoms with van der Waals surface area (Å²) < 4.78 is 16.8. The minimum atomic E-state index is -0.786. The van der Waals surface area contributed by atoms with Crippen molar-refractivity contribution in [3.63, 3.8) is 0 Å². The first-order chi connectivity index (χ1) is 32.5. The predicted octanol–water partition coefficient (Wildman–Crippen LogP) is 19.0. The van der Waals surface area contributed by atoms with Crippen LogP contribution in [0.4, 0.5) is 0 Å². The largest absolute Gasteiger partial charge is 0.462 e. The molecule has 1 atom stereocenters. The van der Waals surface area contributed by atoms with Crippen LogP contribution in [0.25, 0.3) is 0 Å². The quantitative estimate of drug-likeness (QED) is 0.0262. The van der Waals surface area contributed by atoms with Gasteiger partial charge < -0.3 is 14.2 Å². The molecule has 0 rings (SSSR count). The van der Waals surface area contributed by atoms with Gasteiger partial charge in [0.25, 0.3) is 0 Å². The van der Waals surface area contributed by atoms with E-state index in [4.69, 9.17) is 14.2 Å². The van der Waals surface area contributed by atoms with Crippen molar-refractivity contribution in [1.82, 2.24) is 0 Å². The van der Waals surface area contributed by atoms with Crippen molar-refractivity contribution in [3.8, 4) is 0 Å². The van der Waals surface area contributed by atoms with Gasteiger partial charge in [-0.2, -0.15) is 0 Å². The zero-order chi connectivity index (χ0) is 47.9. The van der Waals surface area contributed by atoms with Crippen molar-refractivity contribution < 1.29 is 28.6 Å². The zero-order valence-corrected chi connectivity index (χ0v) is 44.0. The van der Waals surface area contributed by atoms with E-state index in [2.05, 4.69) is 69.4 Å². The fraction of sp³-hybridized carbons (Fsp3) is 0.817. The predicted molar refractivity (Wildman–Crippen MR) is 284 cm³/mol. The highest BCUT2D eigenvalue weighted by molar-refractivity contribution is 5.71. The van der Waals surface area contributed by atoms with Crippen molar-refractivity contribution in [2.24, 2.45) is 0 Å². The lowest BCUT2D eigenvalue weighted by atomic mass is 10.0. The average Bonchev–Trinajstić information content (AvgIpc) is 3.31. The van der Waals surface area contributed by atoms with Crippen LogP contribution in [0.3, 0.4) is 0 Å². The molecule has 0 heterocycles. The topological polar surface area (TPSA) is 78.9 Å². The lowest BCUT2D eigenvalue weighted by molar-refractivity contribution is -0.167. The van der Waals surface area contributed by atoms with Crippen molar-refractivity contribution in [2.75, 3.05) is 13.2 Å². The maximum absolute atomic E-state index is 12.8. The van der Waals surface area contributed by atoms with E-state index >= 15 is 0 Å². The SMILES string of the molecule is CCCCC/C=C\C/C=C\C/C=C\CCCCCCC(=O)O[C@H](COC(=O)CCCCCCC/C=C\CCCCCC)COC(=O)CCCCCCCCCCCCCCCCCCCC. The summed E-state index contributed by atoms with van der Waals surface area (Å²) in [5.41, 5.74) is 0. The minimum Gasteiger partial charge on any atom is -0.462 e. The summed E-state index contributed by atoms with van der Waals surface area (Å²) in [5, 5.41) is 0. The smallest absolute Gasteiger partial charge is 0.306 e. The molecule has 66 heavy (non-hydrogen) atoms. The Kier molecular flexibility index (Phi) is 52.8. The van der Waals surface area contributed by atoms with Crippen LogP contribution in [0.5, 0.6) is 0 Å². The van der Waals surface area contributed by atoms with E-state index < -0.39 is 6.10 Å². The number of hydrogen-bond donors (Lipinski definition) is 0. The Morgan fingerprint density at radius 2 is 0.545 bits per heavy atom. The molecule has 0 aromatic heterocycles. The number of hydrogen-bond acceptors (Lipinski definition) is 6. The molecule has 0 aromatic rings. The Labute approximate surface area is 409 Å². The van der Waals surface area contributed by atoms with E-state index in [-0.39, 0.29) is 31.1 Å². The first kappa shape index (κ1) is 63.4. The molecule has 0 amide bonds. The van der Waals surface area contributed by atoms with E-state index in [9.17, 15) is 14.4 Å². The summed E-state index contributed by atoms with van der Waals surface area (Å²) in [7, 11) is 0. The minimum absolute atomic E-state index is 0.0820. The maximum Gasteiger partial charge on any atom is 0.306 e. The maximum atomic E-state index is 12.8. The fourth-order valence-electron chi connectivity index (χ4n) is 8.21. The zero-order valence-electron chi connectivity index (χ0n) is 44.0. The number of esters is 3. The highest BCUT2D eigenvalue weighted by Crippen LogP contribution is 2.16. The fourth-order valence-corrected chi connectivity index (χ4v) is 8.21. The Hall–Kier alpha value is -2.63. The van der Waals surface area contributed by atoms with Crippen LogP contribution in [0, 0.1) is 0 Å². The molecule has 0 saturated carbocycles. The van der Waals surface area contributed by atoms with Gasteiger partial charge in [-0.15, -0.1) is 0 Å². The Morgan fingerprint density at radius 1 is 0.303 bits per heavy atom. The standard InChI is InChI=1S/C60H108O6/c1-4-7-10-13-16-19-22-25-27-29-31-32-35-38-41-44-47-50-53-59(62)65-56-57(55-64-58(61)52-49-46-43-40-37-34-24-21-18-15-12-9-6-3)66-60(63)54-51-48-45-42-39-36-33-30-28-26-23-20-17-14-11-8-5-2/h17,20-21,24,26,28,33,36,57H,4-16,18-19,22-23,25,27,29-32,34-35,37-56H2,1-3H3/b20-17-,24-21-,28-26-,36-33-/t57-/m1/s1. The molecule has 0 bridgehead atoms. The Morgan fingerprint density at radius 3 is 0.909 bits per heavy atom. The van der Waals surface area contributed by atoms with Crippen LogP contribution in [-0.4, -0.2) is 37.2 Å². The van der Waals surface area contributed by atoms with Crippen LogP contribution in [0.15, 0.2) is 48.6 Å². The molecule has 0 aliphatic carbocycles. The molecule has 384 valence electrons. The van der Waals surface area contributed by atoms with Gasteiger partial charge in [0, 0.05) is 19.3 Å². The van der Waals surface area contributed by atoms with Gasteiger partial charge in [0.15, 0.2) is 6.10 Å². The highest BCUT2D eigenvalue weighted by Gasteiger charge is 2.19.